The van der Waals surface area contributed by atoms with Crippen molar-refractivity contribution in [3.05, 3.63) is 0 Å². The van der Waals surface area contributed by atoms with Gasteiger partial charge in [0, 0.05) is 4.32 Å². The van der Waals surface area contributed by atoms with Crippen LogP contribution in [0, 0.1) is 17.3 Å². The molecule has 0 unspecified atom stereocenters. The van der Waals surface area contributed by atoms with Crippen LogP contribution in [0.25, 0.3) is 0 Å². The van der Waals surface area contributed by atoms with E-state index in [4.69, 9.17) is 5.73 Å². The Hall–Kier alpha value is 0.430. The summed E-state index contributed by atoms with van der Waals surface area (Å²) in [6.07, 6.45) is 7.46. The summed E-state index contributed by atoms with van der Waals surface area (Å²) in [5.74, 6) is 1.43. The topological polar surface area (TPSA) is 43.1 Å². The first-order valence-electron chi connectivity index (χ1n) is 6.05. The molecule has 4 rings (SSSR count). The van der Waals surface area contributed by atoms with Crippen molar-refractivity contribution < 1.29 is 4.79 Å². The average molecular weight is 351 g/mol. The number of hydrogen-bond donors (Lipinski definition) is 1. The number of hydrogen-bond acceptors (Lipinski definition) is 1. The molecule has 16 heavy (non-hydrogen) atoms. The normalized spacial score (nSPS) is 51.6. The number of halogens is 2. The van der Waals surface area contributed by atoms with E-state index in [0.717, 1.165) is 18.3 Å². The molecule has 0 aromatic heterocycles. The molecule has 0 radical (unpaired) electrons. The molecule has 0 aromatic rings. The molecule has 0 aliphatic heterocycles. The Morgan fingerprint density at radius 3 is 2.25 bits per heavy atom. The van der Waals surface area contributed by atoms with Crippen molar-refractivity contribution in [1.82, 2.24) is 0 Å². The summed E-state index contributed by atoms with van der Waals surface area (Å²) in [6, 6.07) is 0. The fourth-order valence-electron chi connectivity index (χ4n) is 4.82. The predicted molar refractivity (Wildman–Crippen MR) is 70.7 cm³/mol. The molecule has 4 fully saturated rings. The molecule has 0 heterocycles. The standard InChI is InChI=1S/C12H17Br2NO/c13-9(10(15)16)11-2-7-1-8(3-11)5-12(14,4-7)6-11/h7-9H,1-6H2,(H2,15,16)/t7-,8-,9+,11?,12?/m0/s1. The molecule has 90 valence electrons. The maximum atomic E-state index is 11.5. The fourth-order valence-corrected chi connectivity index (χ4v) is 6.83. The highest BCUT2D eigenvalue weighted by atomic mass is 79.9. The van der Waals surface area contributed by atoms with Crippen molar-refractivity contribution in [2.75, 3.05) is 0 Å². The zero-order valence-corrected chi connectivity index (χ0v) is 12.4. The molecule has 0 spiro atoms. The van der Waals surface area contributed by atoms with Gasteiger partial charge in [-0.2, -0.15) is 0 Å². The van der Waals surface area contributed by atoms with Crippen LogP contribution >= 0.6 is 31.9 Å². The smallest absolute Gasteiger partial charge is 0.231 e. The van der Waals surface area contributed by atoms with Crippen molar-refractivity contribution in [2.24, 2.45) is 23.0 Å². The predicted octanol–water partition coefficient (Wildman–Crippen LogP) is 2.97. The number of carbonyl (C=O) groups is 1. The second-order valence-corrected chi connectivity index (χ2v) is 8.84. The van der Waals surface area contributed by atoms with E-state index in [0.29, 0.717) is 4.32 Å². The lowest BCUT2D eigenvalue weighted by molar-refractivity contribution is -0.123. The minimum Gasteiger partial charge on any atom is -0.369 e. The molecule has 1 amide bonds. The van der Waals surface area contributed by atoms with Crippen LogP contribution in [-0.4, -0.2) is 15.1 Å². The molecule has 0 aromatic carbocycles. The summed E-state index contributed by atoms with van der Waals surface area (Å²) in [4.78, 5) is 11.3. The van der Waals surface area contributed by atoms with Crippen molar-refractivity contribution in [1.29, 1.82) is 0 Å². The van der Waals surface area contributed by atoms with E-state index in [9.17, 15) is 4.79 Å². The lowest BCUT2D eigenvalue weighted by atomic mass is 9.48. The van der Waals surface area contributed by atoms with Crippen LogP contribution in [-0.2, 0) is 4.79 Å². The molecule has 0 saturated heterocycles. The lowest BCUT2D eigenvalue weighted by Gasteiger charge is -2.61. The second-order valence-electron chi connectivity index (χ2n) is 6.24. The molecule has 4 aliphatic carbocycles. The summed E-state index contributed by atoms with van der Waals surface area (Å²) in [6.45, 7) is 0. The van der Waals surface area contributed by atoms with Crippen LogP contribution < -0.4 is 5.73 Å². The number of carbonyl (C=O) groups excluding carboxylic acids is 1. The minimum absolute atomic E-state index is 0.136. The highest BCUT2D eigenvalue weighted by Crippen LogP contribution is 2.66. The summed E-state index contributed by atoms with van der Waals surface area (Å²) in [5, 5.41) is 0. The highest BCUT2D eigenvalue weighted by molar-refractivity contribution is 9.10. The zero-order chi connectivity index (χ0) is 11.6. The third-order valence-electron chi connectivity index (χ3n) is 4.82. The number of amides is 1. The van der Waals surface area contributed by atoms with E-state index < -0.39 is 0 Å². The third-order valence-corrected chi connectivity index (χ3v) is 7.17. The van der Waals surface area contributed by atoms with Crippen molar-refractivity contribution in [3.63, 3.8) is 0 Å². The Kier molecular flexibility index (Phi) is 2.50. The molecular formula is C12H17Br2NO. The van der Waals surface area contributed by atoms with E-state index in [1.165, 1.54) is 32.1 Å². The van der Waals surface area contributed by atoms with Crippen LogP contribution in [0.3, 0.4) is 0 Å². The monoisotopic (exact) mass is 349 g/mol. The molecule has 4 saturated carbocycles. The van der Waals surface area contributed by atoms with E-state index in [1.807, 2.05) is 0 Å². The first-order chi connectivity index (χ1) is 7.42. The summed E-state index contributed by atoms with van der Waals surface area (Å²) in [7, 11) is 0. The number of nitrogens with two attached hydrogens (primary N) is 1. The Labute approximate surface area is 113 Å². The number of alkyl halides is 2. The molecular weight excluding hydrogens is 334 g/mol. The van der Waals surface area contributed by atoms with Gasteiger partial charge in [-0.1, -0.05) is 31.9 Å². The van der Waals surface area contributed by atoms with Gasteiger partial charge in [-0.3, -0.25) is 4.79 Å². The first-order valence-corrected chi connectivity index (χ1v) is 7.76. The Bertz CT molecular complexity index is 330. The molecule has 4 aliphatic rings. The number of primary amides is 1. The van der Waals surface area contributed by atoms with Gasteiger partial charge < -0.3 is 5.73 Å². The van der Waals surface area contributed by atoms with Gasteiger partial charge in [0.05, 0.1) is 4.83 Å². The largest absolute Gasteiger partial charge is 0.369 e. The van der Waals surface area contributed by atoms with Gasteiger partial charge in [-0.15, -0.1) is 0 Å². The molecule has 4 bridgehead atoms. The summed E-state index contributed by atoms with van der Waals surface area (Å²) >= 11 is 7.50. The minimum atomic E-state index is -0.182. The Balaban J connectivity index is 1.94. The average Bonchev–Trinajstić information content (AvgIpc) is 2.12. The number of rotatable bonds is 2. The maximum Gasteiger partial charge on any atom is 0.231 e. The molecule has 2 N–H and O–H groups in total. The first kappa shape index (κ1) is 11.5. The van der Waals surface area contributed by atoms with Gasteiger partial charge >= 0.3 is 0 Å². The molecule has 2 nitrogen and oxygen atoms in total. The van der Waals surface area contributed by atoms with Gasteiger partial charge in [0.2, 0.25) is 5.91 Å². The molecule has 3 atom stereocenters. The van der Waals surface area contributed by atoms with Crippen LogP contribution in [0.5, 0.6) is 0 Å². The third kappa shape index (κ3) is 1.59. The lowest BCUT2D eigenvalue weighted by Crippen LogP contribution is -2.57. The van der Waals surface area contributed by atoms with E-state index in [1.54, 1.807) is 0 Å². The van der Waals surface area contributed by atoms with Gasteiger partial charge in [0.1, 0.15) is 0 Å². The van der Waals surface area contributed by atoms with Crippen LogP contribution in [0.4, 0.5) is 0 Å². The molecule has 4 heteroatoms. The fraction of sp³-hybridized carbons (Fsp3) is 0.917. The van der Waals surface area contributed by atoms with Crippen molar-refractivity contribution >= 4 is 37.8 Å². The highest BCUT2D eigenvalue weighted by Gasteiger charge is 2.59. The van der Waals surface area contributed by atoms with E-state index in [2.05, 4.69) is 31.9 Å². The van der Waals surface area contributed by atoms with E-state index >= 15 is 0 Å². The van der Waals surface area contributed by atoms with Gasteiger partial charge in [0.15, 0.2) is 0 Å². The maximum absolute atomic E-state index is 11.5. The summed E-state index contributed by atoms with van der Waals surface area (Å²) in [5.41, 5.74) is 5.64. The quantitative estimate of drug-likeness (QED) is 0.764. The SMILES string of the molecule is NC(=O)[C@@H](Br)C12C[C@@H]3C[C@H](CC(Br)(C3)C1)C2. The second kappa shape index (κ2) is 3.47. The summed E-state index contributed by atoms with van der Waals surface area (Å²) < 4.78 is 0.304. The van der Waals surface area contributed by atoms with Crippen molar-refractivity contribution in [2.45, 2.75) is 47.7 Å². The van der Waals surface area contributed by atoms with Crippen LogP contribution in [0.15, 0.2) is 0 Å². The van der Waals surface area contributed by atoms with Crippen LogP contribution in [0.2, 0.25) is 0 Å². The Morgan fingerprint density at radius 1 is 1.25 bits per heavy atom. The van der Waals surface area contributed by atoms with Gasteiger partial charge in [-0.05, 0) is 55.8 Å². The van der Waals surface area contributed by atoms with E-state index in [-0.39, 0.29) is 16.1 Å². The van der Waals surface area contributed by atoms with Crippen LogP contribution in [0.1, 0.15) is 38.5 Å². The van der Waals surface area contributed by atoms with Crippen molar-refractivity contribution in [3.8, 4) is 0 Å². The van der Waals surface area contributed by atoms with Gasteiger partial charge in [0.25, 0.3) is 0 Å². The Morgan fingerprint density at radius 2 is 1.81 bits per heavy atom. The zero-order valence-electron chi connectivity index (χ0n) is 9.22. The van der Waals surface area contributed by atoms with Gasteiger partial charge in [-0.25, -0.2) is 0 Å².